The maximum absolute atomic E-state index is 12.9. The predicted molar refractivity (Wildman–Crippen MR) is 72.9 cm³/mol. The first-order valence-electron chi connectivity index (χ1n) is 6.96. The van der Waals surface area contributed by atoms with E-state index >= 15 is 0 Å². The third-order valence-electron chi connectivity index (χ3n) is 3.74. The Hall–Kier alpha value is -1.23. The van der Waals surface area contributed by atoms with Gasteiger partial charge in [-0.3, -0.25) is 0 Å². The van der Waals surface area contributed by atoms with Gasteiger partial charge in [0, 0.05) is 18.3 Å². The van der Waals surface area contributed by atoms with Gasteiger partial charge < -0.3 is 10.1 Å². The van der Waals surface area contributed by atoms with Crippen LogP contribution in [0.5, 0.6) is 0 Å². The van der Waals surface area contributed by atoms with Crippen LogP contribution in [0.15, 0.2) is 18.2 Å². The maximum atomic E-state index is 12.9. The van der Waals surface area contributed by atoms with Gasteiger partial charge in [0.15, 0.2) is 0 Å². The van der Waals surface area contributed by atoms with Crippen molar-refractivity contribution in [3.05, 3.63) is 29.3 Å². The second-order valence-corrected chi connectivity index (χ2v) is 5.29. The lowest BCUT2D eigenvalue weighted by Crippen LogP contribution is -2.33. The Morgan fingerprint density at radius 2 is 2.10 bits per heavy atom. The summed E-state index contributed by atoms with van der Waals surface area (Å²) in [6, 6.07) is 4.60. The summed E-state index contributed by atoms with van der Waals surface area (Å²) < 4.78 is 44.2. The average Bonchev–Trinajstić information content (AvgIpc) is 2.40. The van der Waals surface area contributed by atoms with Gasteiger partial charge in [-0.25, -0.2) is 0 Å². The van der Waals surface area contributed by atoms with Gasteiger partial charge in [0.1, 0.15) is 0 Å². The zero-order chi connectivity index (χ0) is 14.8. The lowest BCUT2D eigenvalue weighted by molar-refractivity contribution is -0.138. The summed E-state index contributed by atoms with van der Waals surface area (Å²) in [7, 11) is 0. The molecule has 1 saturated heterocycles. The largest absolute Gasteiger partial charge is 0.416 e. The van der Waals surface area contributed by atoms with Crippen LogP contribution in [0, 0.1) is 6.92 Å². The second-order valence-electron chi connectivity index (χ2n) is 5.29. The van der Waals surface area contributed by atoms with Gasteiger partial charge in [-0.1, -0.05) is 13.0 Å². The van der Waals surface area contributed by atoms with Crippen LogP contribution in [0.25, 0.3) is 0 Å². The Morgan fingerprint density at radius 3 is 2.75 bits per heavy atom. The molecule has 1 heterocycles. The monoisotopic (exact) mass is 287 g/mol. The van der Waals surface area contributed by atoms with Crippen molar-refractivity contribution in [2.45, 2.75) is 51.4 Å². The number of benzene rings is 1. The summed E-state index contributed by atoms with van der Waals surface area (Å²) in [5, 5.41) is 3.20. The summed E-state index contributed by atoms with van der Waals surface area (Å²) >= 11 is 0. The first kappa shape index (κ1) is 15.2. The highest BCUT2D eigenvalue weighted by atomic mass is 19.4. The molecule has 5 heteroatoms. The van der Waals surface area contributed by atoms with E-state index in [2.05, 4.69) is 12.2 Å². The highest BCUT2D eigenvalue weighted by Gasteiger charge is 2.32. The lowest BCUT2D eigenvalue weighted by Gasteiger charge is -2.30. The number of halogens is 3. The van der Waals surface area contributed by atoms with Crippen molar-refractivity contribution < 1.29 is 17.9 Å². The Bertz CT molecular complexity index is 459. The van der Waals surface area contributed by atoms with Crippen LogP contribution in [0.3, 0.4) is 0 Å². The zero-order valence-electron chi connectivity index (χ0n) is 11.8. The van der Waals surface area contributed by atoms with Crippen molar-refractivity contribution in [2.24, 2.45) is 0 Å². The van der Waals surface area contributed by atoms with E-state index in [4.69, 9.17) is 4.74 Å². The van der Waals surface area contributed by atoms with Crippen molar-refractivity contribution in [1.29, 1.82) is 0 Å². The first-order chi connectivity index (χ1) is 9.40. The van der Waals surface area contributed by atoms with E-state index in [1.54, 1.807) is 6.07 Å². The fraction of sp³-hybridized carbons (Fsp3) is 0.600. The van der Waals surface area contributed by atoms with Gasteiger partial charge in [-0.2, -0.15) is 13.2 Å². The minimum Gasteiger partial charge on any atom is -0.382 e. The average molecular weight is 287 g/mol. The highest BCUT2D eigenvalue weighted by molar-refractivity contribution is 5.50. The SMILES string of the molecule is CCC1CC(Nc2ccc(C)c(C(F)(F)F)c2)CCO1. The van der Waals surface area contributed by atoms with Crippen LogP contribution >= 0.6 is 0 Å². The van der Waals surface area contributed by atoms with Gasteiger partial charge in [0.25, 0.3) is 0 Å². The summed E-state index contributed by atoms with van der Waals surface area (Å²) in [5.74, 6) is 0. The molecule has 1 aliphatic heterocycles. The molecule has 0 radical (unpaired) electrons. The van der Waals surface area contributed by atoms with Crippen LogP contribution in [-0.4, -0.2) is 18.8 Å². The summed E-state index contributed by atoms with van der Waals surface area (Å²) in [6.45, 7) is 4.20. The molecule has 112 valence electrons. The molecule has 1 N–H and O–H groups in total. The van der Waals surface area contributed by atoms with E-state index in [0.29, 0.717) is 12.3 Å². The molecule has 2 atom stereocenters. The molecule has 0 aromatic heterocycles. The molecule has 0 spiro atoms. The molecule has 1 aliphatic rings. The molecule has 2 nitrogen and oxygen atoms in total. The summed E-state index contributed by atoms with van der Waals surface area (Å²) in [4.78, 5) is 0. The molecule has 1 aromatic carbocycles. The van der Waals surface area contributed by atoms with Crippen molar-refractivity contribution in [1.82, 2.24) is 0 Å². The fourth-order valence-corrected chi connectivity index (χ4v) is 2.55. The molecule has 0 saturated carbocycles. The molecule has 1 fully saturated rings. The van der Waals surface area contributed by atoms with Crippen LogP contribution in [-0.2, 0) is 10.9 Å². The zero-order valence-corrected chi connectivity index (χ0v) is 11.8. The van der Waals surface area contributed by atoms with Gasteiger partial charge in [0.05, 0.1) is 11.7 Å². The molecule has 0 bridgehead atoms. The maximum Gasteiger partial charge on any atom is 0.416 e. The quantitative estimate of drug-likeness (QED) is 0.890. The second kappa shape index (κ2) is 6.04. The van der Waals surface area contributed by atoms with Gasteiger partial charge in [-0.05, 0) is 43.9 Å². The van der Waals surface area contributed by atoms with Gasteiger partial charge in [-0.15, -0.1) is 0 Å². The predicted octanol–water partition coefficient (Wildman–Crippen LogP) is 4.38. The minimum atomic E-state index is -4.30. The normalized spacial score (nSPS) is 23.6. The van der Waals surface area contributed by atoms with Crippen molar-refractivity contribution >= 4 is 5.69 Å². The van der Waals surface area contributed by atoms with E-state index < -0.39 is 11.7 Å². The topological polar surface area (TPSA) is 21.3 Å². The van der Waals surface area contributed by atoms with Crippen molar-refractivity contribution in [2.75, 3.05) is 11.9 Å². The van der Waals surface area contributed by atoms with E-state index in [1.165, 1.54) is 19.1 Å². The van der Waals surface area contributed by atoms with E-state index in [9.17, 15) is 13.2 Å². The molecule has 0 amide bonds. The van der Waals surface area contributed by atoms with E-state index in [0.717, 1.165) is 19.3 Å². The molecule has 1 aromatic rings. The molecular formula is C15H20F3NO. The number of hydrogen-bond donors (Lipinski definition) is 1. The molecule has 0 aliphatic carbocycles. The highest BCUT2D eigenvalue weighted by Crippen LogP contribution is 2.34. The lowest BCUT2D eigenvalue weighted by atomic mass is 10.0. The van der Waals surface area contributed by atoms with Gasteiger partial charge in [0.2, 0.25) is 0 Å². The van der Waals surface area contributed by atoms with E-state index in [1.807, 2.05) is 0 Å². The number of hydrogen-bond acceptors (Lipinski definition) is 2. The van der Waals surface area contributed by atoms with Gasteiger partial charge >= 0.3 is 6.18 Å². The standard InChI is InChI=1S/C15H20F3NO/c1-3-13-8-12(6-7-20-13)19-11-5-4-10(2)14(9-11)15(16,17)18/h4-5,9,12-13,19H,3,6-8H2,1-2H3. The Labute approximate surface area is 117 Å². The minimum absolute atomic E-state index is 0.178. The molecule has 20 heavy (non-hydrogen) atoms. The van der Waals surface area contributed by atoms with Crippen LogP contribution in [0.1, 0.15) is 37.3 Å². The third-order valence-corrected chi connectivity index (χ3v) is 3.74. The first-order valence-corrected chi connectivity index (χ1v) is 6.96. The number of alkyl halides is 3. The number of anilines is 1. The molecule has 2 unspecified atom stereocenters. The summed E-state index contributed by atoms with van der Waals surface area (Å²) in [5.41, 5.74) is 0.216. The third kappa shape index (κ3) is 3.66. The molecular weight excluding hydrogens is 267 g/mol. The fourth-order valence-electron chi connectivity index (χ4n) is 2.55. The van der Waals surface area contributed by atoms with Crippen molar-refractivity contribution in [3.63, 3.8) is 0 Å². The molecule has 2 rings (SSSR count). The van der Waals surface area contributed by atoms with Crippen LogP contribution in [0.4, 0.5) is 18.9 Å². The van der Waals surface area contributed by atoms with E-state index in [-0.39, 0.29) is 17.7 Å². The van der Waals surface area contributed by atoms with Crippen LogP contribution < -0.4 is 5.32 Å². The number of ether oxygens (including phenoxy) is 1. The Morgan fingerprint density at radius 1 is 1.35 bits per heavy atom. The smallest absolute Gasteiger partial charge is 0.382 e. The van der Waals surface area contributed by atoms with Crippen LogP contribution in [0.2, 0.25) is 0 Å². The summed E-state index contributed by atoms with van der Waals surface area (Å²) in [6.07, 6.45) is -1.51. The number of nitrogens with one attached hydrogen (secondary N) is 1. The number of aryl methyl sites for hydroxylation is 1. The van der Waals surface area contributed by atoms with Crippen molar-refractivity contribution in [3.8, 4) is 0 Å². The number of rotatable bonds is 3. The Kier molecular flexibility index (Phi) is 4.58. The Balaban J connectivity index is 2.10.